The monoisotopic (exact) mass is 348 g/mol. The molecule has 1 saturated heterocycles. The molecule has 0 N–H and O–H groups in total. The summed E-state index contributed by atoms with van der Waals surface area (Å²) >= 11 is 1.67. The summed E-state index contributed by atoms with van der Waals surface area (Å²) in [6, 6.07) is 19.4. The van der Waals surface area contributed by atoms with Crippen molar-refractivity contribution in [2.45, 2.75) is 0 Å². The molecule has 0 aliphatic carbocycles. The van der Waals surface area contributed by atoms with Crippen molar-refractivity contribution < 1.29 is 4.79 Å². The Bertz CT molecular complexity index is 892. The van der Waals surface area contributed by atoms with E-state index < -0.39 is 0 Å². The van der Waals surface area contributed by atoms with E-state index in [9.17, 15) is 4.79 Å². The fourth-order valence-electron chi connectivity index (χ4n) is 2.81. The summed E-state index contributed by atoms with van der Waals surface area (Å²) in [5.41, 5.74) is 2.25. The average molecular weight is 348 g/mol. The molecule has 0 atom stereocenters. The Labute approximate surface area is 150 Å². The summed E-state index contributed by atoms with van der Waals surface area (Å²) in [5, 5.41) is 5.13. The smallest absolute Gasteiger partial charge is 0.214 e. The second-order valence-corrected chi connectivity index (χ2v) is 6.61. The van der Waals surface area contributed by atoms with Crippen molar-refractivity contribution in [3.05, 3.63) is 83.9 Å². The molecule has 2 aromatic carbocycles. The second-order valence-electron chi connectivity index (χ2n) is 5.52. The van der Waals surface area contributed by atoms with Crippen molar-refractivity contribution in [3.8, 4) is 0 Å². The number of nitrogens with zero attached hydrogens (tertiary/aromatic N) is 4. The number of aromatic nitrogens is 3. The molecule has 1 fully saturated rings. The van der Waals surface area contributed by atoms with E-state index >= 15 is 0 Å². The number of anilines is 1. The van der Waals surface area contributed by atoms with E-state index in [1.54, 1.807) is 22.8 Å². The van der Waals surface area contributed by atoms with Crippen LogP contribution in [0.5, 0.6) is 0 Å². The molecule has 0 unspecified atom stereocenters. The third-order valence-electron chi connectivity index (χ3n) is 3.97. The van der Waals surface area contributed by atoms with Crippen LogP contribution in [0.1, 0.15) is 10.4 Å². The van der Waals surface area contributed by atoms with Crippen LogP contribution in [0.25, 0.3) is 5.70 Å². The van der Waals surface area contributed by atoms with Gasteiger partial charge in [0.25, 0.3) is 0 Å². The quantitative estimate of drug-likeness (QED) is 0.533. The minimum atomic E-state index is -0.0589. The fourth-order valence-corrected chi connectivity index (χ4v) is 3.96. The summed E-state index contributed by atoms with van der Waals surface area (Å²) < 4.78 is 1.57. The molecule has 4 rings (SSSR count). The average Bonchev–Trinajstić information content (AvgIpc) is 3.36. The Kier molecular flexibility index (Phi) is 4.35. The first-order valence-corrected chi connectivity index (χ1v) is 8.97. The highest BCUT2D eigenvalue weighted by atomic mass is 32.2. The normalized spacial score (nSPS) is 16.1. The summed E-state index contributed by atoms with van der Waals surface area (Å²) in [7, 11) is 0. The number of ketones is 1. The summed E-state index contributed by atoms with van der Waals surface area (Å²) in [5.74, 6) is 0.862. The Morgan fingerprint density at radius 2 is 1.72 bits per heavy atom. The van der Waals surface area contributed by atoms with E-state index in [0.29, 0.717) is 11.3 Å². The molecule has 1 aliphatic rings. The van der Waals surface area contributed by atoms with E-state index in [4.69, 9.17) is 0 Å². The first-order valence-electron chi connectivity index (χ1n) is 7.99. The van der Waals surface area contributed by atoms with Crippen molar-refractivity contribution in [3.63, 3.8) is 0 Å². The van der Waals surface area contributed by atoms with Crippen LogP contribution in [-0.2, 0) is 0 Å². The molecule has 0 saturated carbocycles. The van der Waals surface area contributed by atoms with Gasteiger partial charge in [-0.25, -0.2) is 9.67 Å². The molecular formula is C19H16N4OS. The summed E-state index contributed by atoms with van der Waals surface area (Å²) in [6.07, 6.45) is 3.02. The van der Waals surface area contributed by atoms with Crippen LogP contribution < -0.4 is 4.90 Å². The Morgan fingerprint density at radius 3 is 2.40 bits per heavy atom. The van der Waals surface area contributed by atoms with E-state index in [1.807, 2.05) is 48.5 Å². The van der Waals surface area contributed by atoms with Crippen LogP contribution in [0.4, 0.5) is 5.69 Å². The van der Waals surface area contributed by atoms with Gasteiger partial charge in [-0.2, -0.15) is 5.10 Å². The third kappa shape index (κ3) is 3.08. The van der Waals surface area contributed by atoms with Crippen molar-refractivity contribution in [2.24, 2.45) is 0 Å². The molecule has 124 valence electrons. The zero-order valence-corrected chi connectivity index (χ0v) is 14.3. The third-order valence-corrected chi connectivity index (χ3v) is 5.04. The van der Waals surface area contributed by atoms with E-state index in [0.717, 1.165) is 23.0 Å². The highest BCUT2D eigenvalue weighted by Gasteiger charge is 2.28. The molecule has 5 nitrogen and oxygen atoms in total. The van der Waals surface area contributed by atoms with Crippen molar-refractivity contribution in [1.29, 1.82) is 0 Å². The number of rotatable bonds is 4. The number of hydrogen-bond donors (Lipinski definition) is 0. The van der Waals surface area contributed by atoms with Gasteiger partial charge in [-0.05, 0) is 12.1 Å². The topological polar surface area (TPSA) is 51.0 Å². The minimum Gasteiger partial charge on any atom is -0.334 e. The number of thioether (sulfide) groups is 1. The lowest BCUT2D eigenvalue weighted by Gasteiger charge is -2.21. The lowest BCUT2D eigenvalue weighted by atomic mass is 10.1. The zero-order chi connectivity index (χ0) is 17.1. The summed E-state index contributed by atoms with van der Waals surface area (Å²) in [4.78, 5) is 19.4. The van der Waals surface area contributed by atoms with Gasteiger partial charge in [0.05, 0.1) is 0 Å². The van der Waals surface area contributed by atoms with Gasteiger partial charge >= 0.3 is 0 Å². The molecule has 1 aromatic heterocycles. The number of hydrogen-bond acceptors (Lipinski definition) is 5. The fraction of sp³-hybridized carbons (Fsp3) is 0.105. The number of Topliss-reactive ketones (excluding diaryl/α,β-unsaturated/α-hetero) is 1. The van der Waals surface area contributed by atoms with Crippen LogP contribution in [0.2, 0.25) is 0 Å². The van der Waals surface area contributed by atoms with Gasteiger partial charge in [-0.1, -0.05) is 48.5 Å². The van der Waals surface area contributed by atoms with Crippen molar-refractivity contribution in [1.82, 2.24) is 14.8 Å². The Balaban J connectivity index is 1.85. The first-order chi connectivity index (χ1) is 12.3. The highest BCUT2D eigenvalue weighted by Crippen LogP contribution is 2.37. The van der Waals surface area contributed by atoms with Crippen LogP contribution in [-0.4, -0.2) is 32.8 Å². The maximum Gasteiger partial charge on any atom is 0.214 e. The van der Waals surface area contributed by atoms with Crippen LogP contribution in [0.3, 0.4) is 0 Å². The number of carbonyl (C=O) groups is 1. The van der Waals surface area contributed by atoms with E-state index in [1.165, 1.54) is 6.33 Å². The molecule has 6 heteroatoms. The van der Waals surface area contributed by atoms with Gasteiger partial charge < -0.3 is 4.90 Å². The Hall–Kier alpha value is -2.86. The van der Waals surface area contributed by atoms with Crippen LogP contribution in [0, 0.1) is 0 Å². The van der Waals surface area contributed by atoms with Gasteiger partial charge in [0.1, 0.15) is 23.4 Å². The Morgan fingerprint density at radius 1 is 1.00 bits per heavy atom. The zero-order valence-electron chi connectivity index (χ0n) is 13.4. The molecule has 0 amide bonds. The number of benzene rings is 2. The van der Waals surface area contributed by atoms with Gasteiger partial charge in [0.15, 0.2) is 0 Å². The first kappa shape index (κ1) is 15.7. The predicted molar refractivity (Wildman–Crippen MR) is 100 cm³/mol. The second kappa shape index (κ2) is 6.94. The van der Waals surface area contributed by atoms with Gasteiger partial charge in [0.2, 0.25) is 5.78 Å². The molecule has 1 aliphatic heterocycles. The van der Waals surface area contributed by atoms with E-state index in [2.05, 4.69) is 27.1 Å². The van der Waals surface area contributed by atoms with Gasteiger partial charge in [-0.15, -0.1) is 11.8 Å². The van der Waals surface area contributed by atoms with Crippen molar-refractivity contribution >= 4 is 28.9 Å². The molecule has 0 radical (unpaired) electrons. The number of para-hydroxylation sites is 1. The standard InChI is InChI=1S/C19H16N4OS/c24-18(15-7-3-1-4-8-15)17(23-14-20-13-21-23)19-22(11-12-25-19)16-9-5-2-6-10-16/h1-10,13-14H,11-12H2/b19-17-. The molecule has 2 heterocycles. The maximum absolute atomic E-state index is 13.2. The van der Waals surface area contributed by atoms with Crippen molar-refractivity contribution in [2.75, 3.05) is 17.2 Å². The molecule has 3 aromatic rings. The molecular weight excluding hydrogens is 332 g/mol. The molecule has 0 spiro atoms. The minimum absolute atomic E-state index is 0.0589. The SMILES string of the molecule is O=C(/C(=C1/SCCN1c1ccccc1)n1cncn1)c1ccccc1. The lowest BCUT2D eigenvalue weighted by molar-refractivity contribution is 0.104. The predicted octanol–water partition coefficient (Wildman–Crippen LogP) is 3.54. The lowest BCUT2D eigenvalue weighted by Crippen LogP contribution is -2.22. The van der Waals surface area contributed by atoms with Gasteiger partial charge in [0, 0.05) is 23.5 Å². The molecule has 0 bridgehead atoms. The number of allylic oxidation sites excluding steroid dienone is 1. The number of carbonyl (C=O) groups excluding carboxylic acids is 1. The summed E-state index contributed by atoms with van der Waals surface area (Å²) in [6.45, 7) is 0.851. The van der Waals surface area contributed by atoms with Crippen LogP contribution in [0.15, 0.2) is 78.3 Å². The van der Waals surface area contributed by atoms with E-state index in [-0.39, 0.29) is 5.78 Å². The maximum atomic E-state index is 13.2. The van der Waals surface area contributed by atoms with Gasteiger partial charge in [-0.3, -0.25) is 4.79 Å². The van der Waals surface area contributed by atoms with Crippen LogP contribution >= 0.6 is 11.8 Å². The molecule has 25 heavy (non-hydrogen) atoms. The largest absolute Gasteiger partial charge is 0.334 e. The highest BCUT2D eigenvalue weighted by molar-refractivity contribution is 8.03.